The first-order valence-corrected chi connectivity index (χ1v) is 9.59. The lowest BCUT2D eigenvalue weighted by atomic mass is 9.95. The van der Waals surface area contributed by atoms with Gasteiger partial charge in [0.2, 0.25) is 5.91 Å². The summed E-state index contributed by atoms with van der Waals surface area (Å²) in [4.78, 5) is 24.1. The van der Waals surface area contributed by atoms with Crippen LogP contribution in [0.25, 0.3) is 0 Å². The standard InChI is InChI=1S/C17H18N2O5S/c18-10-17(6-7-17)19-15(20)13-8-12(9-14(13)16(21)22)25(23,24)11-4-2-1-3-5-11/h1-5,12-14H,6-9H2,(H,19,20)(H,21,22)/t12-,13-,14?/m1/s1. The van der Waals surface area contributed by atoms with Gasteiger partial charge in [-0.3, -0.25) is 9.59 Å². The molecule has 2 N–H and O–H groups in total. The van der Waals surface area contributed by atoms with E-state index in [0.29, 0.717) is 12.8 Å². The minimum Gasteiger partial charge on any atom is -0.481 e. The summed E-state index contributed by atoms with van der Waals surface area (Å²) in [6, 6.07) is 9.85. The lowest BCUT2D eigenvalue weighted by molar-refractivity contribution is -0.146. The zero-order valence-corrected chi connectivity index (χ0v) is 14.2. The van der Waals surface area contributed by atoms with Crippen molar-refractivity contribution in [2.75, 3.05) is 0 Å². The van der Waals surface area contributed by atoms with Gasteiger partial charge in [-0.1, -0.05) is 18.2 Å². The Kier molecular flexibility index (Phi) is 4.29. The summed E-state index contributed by atoms with van der Waals surface area (Å²) < 4.78 is 25.5. The average Bonchev–Trinajstić information content (AvgIpc) is 3.20. The SMILES string of the molecule is N#CC1(NC(=O)[C@@H]2C[C@@H](S(=O)(=O)c3ccccc3)CC2C(=O)O)CC1. The molecule has 2 saturated carbocycles. The largest absolute Gasteiger partial charge is 0.481 e. The molecule has 0 radical (unpaired) electrons. The van der Waals surface area contributed by atoms with Gasteiger partial charge in [-0.05, 0) is 37.8 Å². The van der Waals surface area contributed by atoms with E-state index in [1.54, 1.807) is 18.2 Å². The van der Waals surface area contributed by atoms with Gasteiger partial charge in [-0.2, -0.15) is 5.26 Å². The number of carbonyl (C=O) groups is 2. The first-order chi connectivity index (χ1) is 11.8. The monoisotopic (exact) mass is 362 g/mol. The summed E-state index contributed by atoms with van der Waals surface area (Å²) in [5.74, 6) is -3.75. The quantitative estimate of drug-likeness (QED) is 0.808. The van der Waals surface area contributed by atoms with E-state index in [0.717, 1.165) is 0 Å². The van der Waals surface area contributed by atoms with Gasteiger partial charge >= 0.3 is 5.97 Å². The number of nitrogens with zero attached hydrogens (tertiary/aromatic N) is 1. The molecular weight excluding hydrogens is 344 g/mol. The predicted octanol–water partition coefficient (Wildman–Crippen LogP) is 1.11. The van der Waals surface area contributed by atoms with Crippen LogP contribution in [-0.4, -0.2) is 36.2 Å². The van der Waals surface area contributed by atoms with Crippen LogP contribution in [0.3, 0.4) is 0 Å². The number of carbonyl (C=O) groups excluding carboxylic acids is 1. The minimum absolute atomic E-state index is 0.0540. The van der Waals surface area contributed by atoms with Gasteiger partial charge in [0, 0.05) is 0 Å². The van der Waals surface area contributed by atoms with Crippen LogP contribution < -0.4 is 5.32 Å². The highest BCUT2D eigenvalue weighted by atomic mass is 32.2. The molecule has 0 aromatic heterocycles. The van der Waals surface area contributed by atoms with Crippen molar-refractivity contribution >= 4 is 21.7 Å². The molecule has 0 bridgehead atoms. The molecule has 3 rings (SSSR count). The molecule has 2 aliphatic rings. The van der Waals surface area contributed by atoms with Gasteiger partial charge in [0.15, 0.2) is 9.84 Å². The number of nitriles is 1. The number of hydrogen-bond acceptors (Lipinski definition) is 5. The molecule has 0 aliphatic heterocycles. The maximum atomic E-state index is 12.7. The molecular formula is C17H18N2O5S. The van der Waals surface area contributed by atoms with Crippen LogP contribution in [0.15, 0.2) is 35.2 Å². The molecule has 3 atom stereocenters. The number of carboxylic acids is 1. The molecule has 8 heteroatoms. The normalized spacial score (nSPS) is 27.2. The smallest absolute Gasteiger partial charge is 0.307 e. The van der Waals surface area contributed by atoms with E-state index in [2.05, 4.69) is 5.32 Å². The van der Waals surface area contributed by atoms with Crippen LogP contribution >= 0.6 is 0 Å². The zero-order chi connectivity index (χ0) is 18.2. The molecule has 0 heterocycles. The van der Waals surface area contributed by atoms with Gasteiger partial charge in [-0.25, -0.2) is 8.42 Å². The predicted molar refractivity (Wildman–Crippen MR) is 87.0 cm³/mol. The molecule has 2 aliphatic carbocycles. The molecule has 0 saturated heterocycles. The highest BCUT2D eigenvalue weighted by Crippen LogP contribution is 2.40. The fourth-order valence-electron chi connectivity index (χ4n) is 3.33. The highest BCUT2D eigenvalue weighted by molar-refractivity contribution is 7.92. The Morgan fingerprint density at radius 1 is 1.16 bits per heavy atom. The molecule has 1 amide bonds. The van der Waals surface area contributed by atoms with Crippen LogP contribution in [-0.2, 0) is 19.4 Å². The summed E-state index contributed by atoms with van der Waals surface area (Å²) in [5.41, 5.74) is -0.906. The van der Waals surface area contributed by atoms with Crippen molar-refractivity contribution in [2.24, 2.45) is 11.8 Å². The number of amides is 1. The minimum atomic E-state index is -3.71. The number of benzene rings is 1. The molecule has 25 heavy (non-hydrogen) atoms. The van der Waals surface area contributed by atoms with Crippen molar-refractivity contribution in [1.82, 2.24) is 5.32 Å². The Hall–Kier alpha value is -2.40. The second-order valence-corrected chi connectivity index (χ2v) is 8.91. The number of rotatable bonds is 5. The van der Waals surface area contributed by atoms with Crippen LogP contribution in [0.1, 0.15) is 25.7 Å². The number of carboxylic acid groups (broad SMARTS) is 1. The first-order valence-electron chi connectivity index (χ1n) is 8.04. The molecule has 1 aromatic carbocycles. The lowest BCUT2D eigenvalue weighted by Crippen LogP contribution is -2.42. The zero-order valence-electron chi connectivity index (χ0n) is 13.4. The Labute approximate surface area is 145 Å². The van der Waals surface area contributed by atoms with Crippen molar-refractivity contribution in [3.63, 3.8) is 0 Å². The van der Waals surface area contributed by atoms with Gasteiger partial charge in [0.1, 0.15) is 5.54 Å². The Morgan fingerprint density at radius 2 is 1.76 bits per heavy atom. The Morgan fingerprint density at radius 3 is 2.28 bits per heavy atom. The number of sulfone groups is 1. The Balaban J connectivity index is 1.82. The van der Waals surface area contributed by atoms with Crippen molar-refractivity contribution in [2.45, 2.75) is 41.4 Å². The van der Waals surface area contributed by atoms with Crippen LogP contribution in [0.4, 0.5) is 0 Å². The van der Waals surface area contributed by atoms with E-state index < -0.39 is 44.3 Å². The first kappa shape index (κ1) is 17.4. The van der Waals surface area contributed by atoms with Crippen molar-refractivity contribution in [1.29, 1.82) is 5.26 Å². The average molecular weight is 362 g/mol. The maximum absolute atomic E-state index is 12.7. The third-order valence-electron chi connectivity index (χ3n) is 5.01. The number of aliphatic carboxylic acids is 1. The van der Waals surface area contributed by atoms with Crippen molar-refractivity contribution in [3.8, 4) is 6.07 Å². The molecule has 2 fully saturated rings. The molecule has 1 unspecified atom stereocenters. The topological polar surface area (TPSA) is 124 Å². The van der Waals surface area contributed by atoms with Gasteiger partial charge < -0.3 is 10.4 Å². The molecule has 7 nitrogen and oxygen atoms in total. The van der Waals surface area contributed by atoms with Gasteiger partial charge in [0.25, 0.3) is 0 Å². The summed E-state index contributed by atoms with van der Waals surface area (Å²) in [7, 11) is -3.71. The fourth-order valence-corrected chi connectivity index (χ4v) is 5.17. The van der Waals surface area contributed by atoms with Crippen molar-refractivity contribution < 1.29 is 23.1 Å². The van der Waals surface area contributed by atoms with Gasteiger partial charge in [0.05, 0.1) is 28.1 Å². The molecule has 0 spiro atoms. The van der Waals surface area contributed by atoms with E-state index in [9.17, 15) is 23.1 Å². The van der Waals surface area contributed by atoms with E-state index in [4.69, 9.17) is 5.26 Å². The summed E-state index contributed by atoms with van der Waals surface area (Å²) in [5, 5.41) is 20.2. The molecule has 1 aromatic rings. The highest BCUT2D eigenvalue weighted by Gasteiger charge is 2.51. The summed E-state index contributed by atoms with van der Waals surface area (Å²) in [6.07, 6.45) is 0.905. The van der Waals surface area contributed by atoms with E-state index >= 15 is 0 Å². The fraction of sp³-hybridized carbons (Fsp3) is 0.471. The van der Waals surface area contributed by atoms with Crippen LogP contribution in [0, 0.1) is 23.2 Å². The van der Waals surface area contributed by atoms with Crippen molar-refractivity contribution in [3.05, 3.63) is 30.3 Å². The second-order valence-electron chi connectivity index (χ2n) is 6.69. The van der Waals surface area contributed by atoms with E-state index in [1.165, 1.54) is 12.1 Å². The third-order valence-corrected chi connectivity index (χ3v) is 7.20. The second kappa shape index (κ2) is 6.15. The summed E-state index contributed by atoms with van der Waals surface area (Å²) >= 11 is 0. The lowest BCUT2D eigenvalue weighted by Gasteiger charge is -2.17. The van der Waals surface area contributed by atoms with E-state index in [1.807, 2.05) is 6.07 Å². The maximum Gasteiger partial charge on any atom is 0.307 e. The Bertz CT molecular complexity index is 840. The van der Waals surface area contributed by atoms with Crippen LogP contribution in [0.5, 0.6) is 0 Å². The van der Waals surface area contributed by atoms with E-state index in [-0.39, 0.29) is 17.7 Å². The number of hydrogen-bond donors (Lipinski definition) is 2. The van der Waals surface area contributed by atoms with Crippen LogP contribution in [0.2, 0.25) is 0 Å². The summed E-state index contributed by atoms with van der Waals surface area (Å²) in [6.45, 7) is 0. The van der Waals surface area contributed by atoms with Gasteiger partial charge in [-0.15, -0.1) is 0 Å². The molecule has 132 valence electrons. The third kappa shape index (κ3) is 3.24. The number of nitrogens with one attached hydrogen (secondary N) is 1.